The van der Waals surface area contributed by atoms with Crippen LogP contribution in [0.3, 0.4) is 0 Å². The fourth-order valence-electron chi connectivity index (χ4n) is 5.99. The van der Waals surface area contributed by atoms with E-state index < -0.39 is 0 Å². The standard InChI is InChI=1S/C20H29N2/c21-19(2-1-15-4-7-22-8-5-15)3-6-20-12-16-9-17(13-20)11-18(10-16)14-20/h1,4-5,7-8,16-19H,2-3,6,9-14,21H2. The normalized spacial score (nSPS) is 37.4. The number of aromatic nitrogens is 1. The molecule has 0 saturated heterocycles. The van der Waals surface area contributed by atoms with Crippen molar-refractivity contribution in [2.24, 2.45) is 28.9 Å². The molecular weight excluding hydrogens is 268 g/mol. The second kappa shape index (κ2) is 5.96. The van der Waals surface area contributed by atoms with Gasteiger partial charge in [-0.1, -0.05) is 0 Å². The lowest BCUT2D eigenvalue weighted by Crippen LogP contribution is -2.46. The van der Waals surface area contributed by atoms with Crippen molar-refractivity contribution < 1.29 is 0 Å². The van der Waals surface area contributed by atoms with Crippen molar-refractivity contribution in [3.8, 4) is 0 Å². The zero-order chi connectivity index (χ0) is 15.0. The molecule has 0 spiro atoms. The second-order valence-electron chi connectivity index (χ2n) is 8.44. The smallest absolute Gasteiger partial charge is 0.0270 e. The molecule has 1 aromatic rings. The van der Waals surface area contributed by atoms with E-state index in [1.165, 1.54) is 37.7 Å². The minimum absolute atomic E-state index is 0.321. The molecule has 1 radical (unpaired) electrons. The SMILES string of the molecule is NC(C[CH]c1ccncc1)CCC12CC3CC(CC(C3)C1)C2. The quantitative estimate of drug-likeness (QED) is 0.848. The van der Waals surface area contributed by atoms with Crippen molar-refractivity contribution in [2.45, 2.75) is 63.8 Å². The van der Waals surface area contributed by atoms with Crippen LogP contribution < -0.4 is 5.73 Å². The molecule has 0 amide bonds. The molecule has 1 atom stereocenters. The molecule has 1 unspecified atom stereocenters. The van der Waals surface area contributed by atoms with Gasteiger partial charge in [0.1, 0.15) is 0 Å². The van der Waals surface area contributed by atoms with Gasteiger partial charge in [-0.25, -0.2) is 0 Å². The Kier molecular flexibility index (Phi) is 3.98. The first-order valence-corrected chi connectivity index (χ1v) is 9.20. The summed E-state index contributed by atoms with van der Waals surface area (Å²) in [7, 11) is 0. The van der Waals surface area contributed by atoms with E-state index >= 15 is 0 Å². The van der Waals surface area contributed by atoms with Gasteiger partial charge in [0.05, 0.1) is 0 Å². The minimum Gasteiger partial charge on any atom is -0.328 e. The number of hydrogen-bond acceptors (Lipinski definition) is 2. The van der Waals surface area contributed by atoms with Crippen LogP contribution in [0.15, 0.2) is 24.5 Å². The molecule has 119 valence electrons. The Balaban J connectivity index is 1.27. The van der Waals surface area contributed by atoms with Crippen molar-refractivity contribution >= 4 is 0 Å². The van der Waals surface area contributed by atoms with Gasteiger partial charge >= 0.3 is 0 Å². The molecule has 4 aliphatic rings. The maximum Gasteiger partial charge on any atom is 0.0270 e. The Morgan fingerprint density at radius 1 is 1.09 bits per heavy atom. The first-order chi connectivity index (χ1) is 10.7. The van der Waals surface area contributed by atoms with E-state index in [0.29, 0.717) is 11.5 Å². The molecule has 1 heterocycles. The number of nitrogens with zero attached hydrogens (tertiary/aromatic N) is 1. The molecule has 4 saturated carbocycles. The average molecular weight is 297 g/mol. The second-order valence-corrected chi connectivity index (χ2v) is 8.44. The summed E-state index contributed by atoms with van der Waals surface area (Å²) in [6.07, 6.45) is 18.7. The maximum atomic E-state index is 6.40. The molecule has 1 aromatic heterocycles. The van der Waals surface area contributed by atoms with Crippen LogP contribution in [0.4, 0.5) is 0 Å². The van der Waals surface area contributed by atoms with Crippen LogP contribution in [0.2, 0.25) is 0 Å². The molecular formula is C20H29N2. The largest absolute Gasteiger partial charge is 0.328 e. The van der Waals surface area contributed by atoms with E-state index in [4.69, 9.17) is 5.73 Å². The predicted octanol–water partition coefficient (Wildman–Crippen LogP) is 4.35. The molecule has 4 aliphatic carbocycles. The predicted molar refractivity (Wildman–Crippen MR) is 90.1 cm³/mol. The highest BCUT2D eigenvalue weighted by Gasteiger charge is 2.50. The zero-order valence-electron chi connectivity index (χ0n) is 13.6. The van der Waals surface area contributed by atoms with Gasteiger partial charge in [-0.2, -0.15) is 0 Å². The summed E-state index contributed by atoms with van der Waals surface area (Å²) in [6, 6.07) is 4.44. The van der Waals surface area contributed by atoms with E-state index in [9.17, 15) is 0 Å². The summed E-state index contributed by atoms with van der Waals surface area (Å²) >= 11 is 0. The molecule has 2 nitrogen and oxygen atoms in total. The van der Waals surface area contributed by atoms with E-state index in [2.05, 4.69) is 23.5 Å². The topological polar surface area (TPSA) is 38.9 Å². The van der Waals surface area contributed by atoms with Gasteiger partial charge in [0.2, 0.25) is 0 Å². The molecule has 5 rings (SSSR count). The molecule has 22 heavy (non-hydrogen) atoms. The minimum atomic E-state index is 0.321. The summed E-state index contributed by atoms with van der Waals surface area (Å²) in [4.78, 5) is 4.06. The number of rotatable bonds is 6. The Hall–Kier alpha value is -0.890. The monoisotopic (exact) mass is 297 g/mol. The fourth-order valence-corrected chi connectivity index (χ4v) is 5.99. The number of nitrogens with two attached hydrogens (primary N) is 1. The fraction of sp³-hybridized carbons (Fsp3) is 0.700. The van der Waals surface area contributed by atoms with Crippen LogP contribution in [0, 0.1) is 29.6 Å². The highest BCUT2D eigenvalue weighted by molar-refractivity contribution is 5.19. The van der Waals surface area contributed by atoms with E-state index in [1.54, 1.807) is 19.3 Å². The lowest BCUT2D eigenvalue weighted by atomic mass is 9.48. The van der Waals surface area contributed by atoms with Crippen LogP contribution in [0.25, 0.3) is 0 Å². The highest BCUT2D eigenvalue weighted by Crippen LogP contribution is 2.61. The third-order valence-corrected chi connectivity index (χ3v) is 6.57. The van der Waals surface area contributed by atoms with Gasteiger partial charge in [-0.05, 0) is 105 Å². The first kappa shape index (κ1) is 14.7. The zero-order valence-corrected chi connectivity index (χ0v) is 13.6. The number of pyridine rings is 1. The van der Waals surface area contributed by atoms with E-state index in [1.807, 2.05) is 12.4 Å². The Morgan fingerprint density at radius 3 is 2.27 bits per heavy atom. The first-order valence-electron chi connectivity index (χ1n) is 9.20. The van der Waals surface area contributed by atoms with Gasteiger partial charge in [-0.15, -0.1) is 0 Å². The Bertz CT molecular complexity index is 460. The van der Waals surface area contributed by atoms with Gasteiger partial charge in [0.25, 0.3) is 0 Å². The average Bonchev–Trinajstić information content (AvgIpc) is 2.51. The summed E-state index contributed by atoms with van der Waals surface area (Å²) in [5.41, 5.74) is 8.34. The van der Waals surface area contributed by atoms with Gasteiger partial charge < -0.3 is 5.73 Å². The van der Waals surface area contributed by atoms with E-state index in [0.717, 1.165) is 24.2 Å². The van der Waals surface area contributed by atoms with Crippen LogP contribution in [-0.4, -0.2) is 11.0 Å². The van der Waals surface area contributed by atoms with Gasteiger partial charge in [0, 0.05) is 18.4 Å². The van der Waals surface area contributed by atoms with E-state index in [-0.39, 0.29) is 0 Å². The van der Waals surface area contributed by atoms with Crippen LogP contribution in [-0.2, 0) is 0 Å². The summed E-state index contributed by atoms with van der Waals surface area (Å²) < 4.78 is 0. The lowest BCUT2D eigenvalue weighted by molar-refractivity contribution is -0.0588. The van der Waals surface area contributed by atoms with Crippen molar-refractivity contribution in [2.75, 3.05) is 0 Å². The molecule has 0 aliphatic heterocycles. The van der Waals surface area contributed by atoms with Gasteiger partial charge in [-0.3, -0.25) is 4.98 Å². The van der Waals surface area contributed by atoms with Crippen molar-refractivity contribution in [3.63, 3.8) is 0 Å². The third kappa shape index (κ3) is 3.08. The van der Waals surface area contributed by atoms with Crippen molar-refractivity contribution in [1.82, 2.24) is 4.98 Å². The summed E-state index contributed by atoms with van der Waals surface area (Å²) in [5, 5.41) is 0. The molecule has 2 N–H and O–H groups in total. The Morgan fingerprint density at radius 2 is 1.68 bits per heavy atom. The highest BCUT2D eigenvalue weighted by atomic mass is 14.6. The molecule has 2 heteroatoms. The number of hydrogen-bond donors (Lipinski definition) is 1. The van der Waals surface area contributed by atoms with Gasteiger partial charge in [0.15, 0.2) is 0 Å². The third-order valence-electron chi connectivity index (χ3n) is 6.57. The van der Waals surface area contributed by atoms with Crippen molar-refractivity contribution in [1.29, 1.82) is 0 Å². The molecule has 4 bridgehead atoms. The van der Waals surface area contributed by atoms with Crippen LogP contribution in [0.1, 0.15) is 63.4 Å². The van der Waals surface area contributed by atoms with Crippen LogP contribution in [0.5, 0.6) is 0 Å². The van der Waals surface area contributed by atoms with Crippen LogP contribution >= 0.6 is 0 Å². The Labute approximate surface area is 134 Å². The summed E-state index contributed by atoms with van der Waals surface area (Å²) in [5.74, 6) is 3.18. The molecule has 0 aromatic carbocycles. The molecule has 4 fully saturated rings. The van der Waals surface area contributed by atoms with Crippen molar-refractivity contribution in [3.05, 3.63) is 36.5 Å². The maximum absolute atomic E-state index is 6.40. The summed E-state index contributed by atoms with van der Waals surface area (Å²) in [6.45, 7) is 0. The lowest BCUT2D eigenvalue weighted by Gasteiger charge is -2.57.